The fourth-order valence-electron chi connectivity index (χ4n) is 2.93. The van der Waals surface area contributed by atoms with E-state index in [4.69, 9.17) is 0 Å². The molecule has 1 aliphatic heterocycles. The Bertz CT molecular complexity index is 715. The van der Waals surface area contributed by atoms with E-state index in [1.54, 1.807) is 11.3 Å². The first-order valence-electron chi connectivity index (χ1n) is 8.65. The third-order valence-electron chi connectivity index (χ3n) is 4.22. The highest BCUT2D eigenvalue weighted by Gasteiger charge is 2.18. The van der Waals surface area contributed by atoms with E-state index in [0.29, 0.717) is 19.5 Å². The van der Waals surface area contributed by atoms with Crippen LogP contribution in [0.3, 0.4) is 0 Å². The third-order valence-corrected chi connectivity index (χ3v) is 5.15. The maximum Gasteiger partial charge on any atom is 0.319 e. The van der Waals surface area contributed by atoms with E-state index in [2.05, 4.69) is 16.7 Å². The second-order valence-electron chi connectivity index (χ2n) is 6.18. The van der Waals surface area contributed by atoms with Gasteiger partial charge in [-0.25, -0.2) is 4.79 Å². The van der Waals surface area contributed by atoms with Gasteiger partial charge >= 0.3 is 6.03 Å². The van der Waals surface area contributed by atoms with Crippen LogP contribution in [0.4, 0.5) is 10.5 Å². The van der Waals surface area contributed by atoms with Gasteiger partial charge < -0.3 is 15.5 Å². The number of hydrogen-bond donors (Lipinski definition) is 2. The summed E-state index contributed by atoms with van der Waals surface area (Å²) in [5.74, 6) is 0.218. The van der Waals surface area contributed by atoms with Gasteiger partial charge in [0.1, 0.15) is 0 Å². The zero-order valence-corrected chi connectivity index (χ0v) is 15.0. The van der Waals surface area contributed by atoms with Crippen molar-refractivity contribution in [2.75, 3.05) is 18.4 Å². The van der Waals surface area contributed by atoms with Crippen molar-refractivity contribution in [1.82, 2.24) is 10.2 Å². The van der Waals surface area contributed by atoms with Crippen LogP contribution in [0, 0.1) is 0 Å². The molecular formula is C19H23N3O2S. The third kappa shape index (κ3) is 5.32. The van der Waals surface area contributed by atoms with Crippen molar-refractivity contribution in [3.8, 4) is 0 Å². The Labute approximate surface area is 152 Å². The van der Waals surface area contributed by atoms with Crippen LogP contribution >= 0.6 is 11.3 Å². The van der Waals surface area contributed by atoms with Gasteiger partial charge in [0.2, 0.25) is 5.91 Å². The monoisotopic (exact) mass is 357 g/mol. The molecule has 0 unspecified atom stereocenters. The lowest BCUT2D eigenvalue weighted by Crippen LogP contribution is -2.34. The van der Waals surface area contributed by atoms with E-state index in [0.717, 1.165) is 37.1 Å². The van der Waals surface area contributed by atoms with Gasteiger partial charge in [-0.3, -0.25) is 4.79 Å². The molecule has 2 heterocycles. The number of nitrogens with one attached hydrogen (secondary N) is 2. The second kappa shape index (κ2) is 8.67. The molecule has 1 saturated heterocycles. The number of urea groups is 1. The molecule has 0 radical (unpaired) electrons. The van der Waals surface area contributed by atoms with Gasteiger partial charge in [-0.1, -0.05) is 18.2 Å². The Kier molecular flexibility index (Phi) is 6.06. The van der Waals surface area contributed by atoms with E-state index >= 15 is 0 Å². The van der Waals surface area contributed by atoms with Gasteiger partial charge in [-0.2, -0.15) is 0 Å². The fraction of sp³-hybridized carbons (Fsp3) is 0.368. The van der Waals surface area contributed by atoms with E-state index in [9.17, 15) is 9.59 Å². The predicted octanol–water partition coefficient (Wildman–Crippen LogP) is 3.62. The van der Waals surface area contributed by atoms with Crippen LogP contribution in [0.2, 0.25) is 0 Å². The minimum Gasteiger partial charge on any atom is -0.338 e. The Balaban J connectivity index is 1.48. The van der Waals surface area contributed by atoms with Crippen LogP contribution < -0.4 is 10.6 Å². The standard InChI is InChI=1S/C19H23N3O2S/c23-18-8-1-2-11-22(18)14-15-5-3-6-16(13-15)21-19(24)20-10-9-17-7-4-12-25-17/h3-7,12-13H,1-2,8-11,14H2,(H2,20,21,24). The van der Waals surface area contributed by atoms with Crippen molar-refractivity contribution in [1.29, 1.82) is 0 Å². The lowest BCUT2D eigenvalue weighted by molar-refractivity contribution is -0.133. The van der Waals surface area contributed by atoms with Gasteiger partial charge in [-0.05, 0) is 48.4 Å². The summed E-state index contributed by atoms with van der Waals surface area (Å²) in [5.41, 5.74) is 1.78. The maximum atomic E-state index is 12.0. The van der Waals surface area contributed by atoms with Crippen LogP contribution in [0.25, 0.3) is 0 Å². The quantitative estimate of drug-likeness (QED) is 0.829. The van der Waals surface area contributed by atoms with Gasteiger partial charge in [0.15, 0.2) is 0 Å². The van der Waals surface area contributed by atoms with Crippen molar-refractivity contribution >= 4 is 29.0 Å². The zero-order chi connectivity index (χ0) is 17.5. The average Bonchev–Trinajstić information content (AvgIpc) is 3.11. The van der Waals surface area contributed by atoms with Crippen molar-refractivity contribution in [2.24, 2.45) is 0 Å². The molecule has 0 bridgehead atoms. The number of hydrogen-bond acceptors (Lipinski definition) is 3. The first kappa shape index (κ1) is 17.5. The fourth-order valence-corrected chi connectivity index (χ4v) is 3.64. The molecule has 132 valence electrons. The highest BCUT2D eigenvalue weighted by Crippen LogP contribution is 2.17. The van der Waals surface area contributed by atoms with Gasteiger partial charge in [0.05, 0.1) is 0 Å². The van der Waals surface area contributed by atoms with Gasteiger partial charge in [-0.15, -0.1) is 11.3 Å². The lowest BCUT2D eigenvalue weighted by atomic mass is 10.1. The summed E-state index contributed by atoms with van der Waals surface area (Å²) >= 11 is 1.69. The molecule has 2 aromatic rings. The number of nitrogens with zero attached hydrogens (tertiary/aromatic N) is 1. The van der Waals surface area contributed by atoms with Crippen LogP contribution in [0.1, 0.15) is 29.7 Å². The summed E-state index contributed by atoms with van der Waals surface area (Å²) in [5, 5.41) is 7.77. The van der Waals surface area contributed by atoms with Gasteiger partial charge in [0.25, 0.3) is 0 Å². The number of carbonyl (C=O) groups excluding carboxylic acids is 2. The molecule has 1 fully saturated rings. The number of anilines is 1. The van der Waals surface area contributed by atoms with Gasteiger partial charge in [0, 0.05) is 36.6 Å². The molecule has 2 N–H and O–H groups in total. The Hall–Kier alpha value is -2.34. The van der Waals surface area contributed by atoms with Crippen molar-refractivity contribution in [2.45, 2.75) is 32.2 Å². The summed E-state index contributed by atoms with van der Waals surface area (Å²) < 4.78 is 0. The van der Waals surface area contributed by atoms with Crippen molar-refractivity contribution in [3.05, 3.63) is 52.2 Å². The van der Waals surface area contributed by atoms with Crippen LogP contribution in [-0.4, -0.2) is 29.9 Å². The molecule has 25 heavy (non-hydrogen) atoms. The maximum absolute atomic E-state index is 12.0. The van der Waals surface area contributed by atoms with E-state index < -0.39 is 0 Å². The Morgan fingerprint density at radius 1 is 1.20 bits per heavy atom. The number of benzene rings is 1. The summed E-state index contributed by atoms with van der Waals surface area (Å²) in [6, 6.07) is 11.6. The molecule has 3 amide bonds. The second-order valence-corrected chi connectivity index (χ2v) is 7.22. The molecule has 1 aromatic carbocycles. The summed E-state index contributed by atoms with van der Waals surface area (Å²) in [4.78, 5) is 27.1. The molecule has 0 atom stereocenters. The highest BCUT2D eigenvalue weighted by molar-refractivity contribution is 7.09. The van der Waals surface area contributed by atoms with E-state index in [1.165, 1.54) is 4.88 Å². The number of piperidine rings is 1. The highest BCUT2D eigenvalue weighted by atomic mass is 32.1. The molecule has 1 aromatic heterocycles. The summed E-state index contributed by atoms with van der Waals surface area (Å²) in [6.07, 6.45) is 3.53. The zero-order valence-electron chi connectivity index (χ0n) is 14.2. The predicted molar refractivity (Wildman–Crippen MR) is 101 cm³/mol. The molecule has 0 aliphatic carbocycles. The van der Waals surface area contributed by atoms with Crippen LogP contribution in [0.15, 0.2) is 41.8 Å². The summed E-state index contributed by atoms with van der Waals surface area (Å²) in [7, 11) is 0. The summed E-state index contributed by atoms with van der Waals surface area (Å²) in [6.45, 7) is 2.03. The number of amides is 3. The molecule has 1 aliphatic rings. The Morgan fingerprint density at radius 3 is 2.92 bits per heavy atom. The lowest BCUT2D eigenvalue weighted by Gasteiger charge is -2.26. The van der Waals surface area contributed by atoms with Crippen molar-refractivity contribution < 1.29 is 9.59 Å². The topological polar surface area (TPSA) is 61.4 Å². The minimum atomic E-state index is -0.206. The first-order valence-corrected chi connectivity index (χ1v) is 9.52. The van der Waals surface area contributed by atoms with E-state index in [1.807, 2.05) is 40.6 Å². The number of carbonyl (C=O) groups is 2. The normalized spacial score (nSPS) is 14.4. The molecular weight excluding hydrogens is 334 g/mol. The average molecular weight is 357 g/mol. The number of likely N-dealkylation sites (tertiary alicyclic amines) is 1. The van der Waals surface area contributed by atoms with Crippen LogP contribution in [0.5, 0.6) is 0 Å². The SMILES string of the molecule is O=C(NCCc1cccs1)Nc1cccc(CN2CCCCC2=O)c1. The molecule has 6 heteroatoms. The van der Waals surface area contributed by atoms with Crippen LogP contribution in [-0.2, 0) is 17.8 Å². The number of rotatable bonds is 6. The largest absolute Gasteiger partial charge is 0.338 e. The first-order chi connectivity index (χ1) is 12.2. The van der Waals surface area contributed by atoms with Crippen molar-refractivity contribution in [3.63, 3.8) is 0 Å². The molecule has 0 spiro atoms. The smallest absolute Gasteiger partial charge is 0.319 e. The molecule has 3 rings (SSSR count). The van der Waals surface area contributed by atoms with E-state index in [-0.39, 0.29) is 11.9 Å². The molecule has 5 nitrogen and oxygen atoms in total. The Morgan fingerprint density at radius 2 is 2.12 bits per heavy atom. The number of thiophene rings is 1. The molecule has 0 saturated carbocycles. The minimum absolute atomic E-state index is 0.206.